The number of nitrogens with zero attached hydrogens (tertiary/aromatic N) is 6. The maximum atomic E-state index is 12.0. The zero-order valence-electron chi connectivity index (χ0n) is 17.9. The van der Waals surface area contributed by atoms with Crippen molar-refractivity contribution >= 4 is 17.3 Å². The first kappa shape index (κ1) is 21.9. The van der Waals surface area contributed by atoms with E-state index in [1.165, 1.54) is 11.9 Å². The summed E-state index contributed by atoms with van der Waals surface area (Å²) < 4.78 is 5.18. The van der Waals surface area contributed by atoms with Crippen LogP contribution >= 0.6 is 0 Å². The van der Waals surface area contributed by atoms with Crippen molar-refractivity contribution in [2.24, 2.45) is 0 Å². The fourth-order valence-corrected chi connectivity index (χ4v) is 3.72. The molecule has 162 valence electrons. The molecule has 1 aliphatic heterocycles. The first-order valence-electron chi connectivity index (χ1n) is 10.3. The molecule has 2 heterocycles. The van der Waals surface area contributed by atoms with E-state index in [-0.39, 0.29) is 16.7 Å². The number of aromatic nitrogens is 2. The van der Waals surface area contributed by atoms with E-state index in [0.29, 0.717) is 37.9 Å². The lowest BCUT2D eigenvalue weighted by atomic mass is 10.2. The molecule has 9 heteroatoms. The molecule has 0 bridgehead atoms. The summed E-state index contributed by atoms with van der Waals surface area (Å²) in [7, 11) is 1.62. The maximum Gasteiger partial charge on any atom is 0.353 e. The molecule has 0 radical (unpaired) electrons. The minimum Gasteiger partial charge on any atom is -0.383 e. The smallest absolute Gasteiger partial charge is 0.353 e. The lowest BCUT2D eigenvalue weighted by Crippen LogP contribution is -2.46. The Bertz CT molecular complexity index is 825. The largest absolute Gasteiger partial charge is 0.383 e. The van der Waals surface area contributed by atoms with Crippen LogP contribution in [0.15, 0.2) is 36.7 Å². The quantitative estimate of drug-likeness (QED) is 0.457. The second-order valence-electron chi connectivity index (χ2n) is 7.66. The summed E-state index contributed by atoms with van der Waals surface area (Å²) in [5, 5.41) is 12.0. The van der Waals surface area contributed by atoms with E-state index in [1.54, 1.807) is 7.11 Å². The first-order valence-corrected chi connectivity index (χ1v) is 10.3. The van der Waals surface area contributed by atoms with Gasteiger partial charge in [0.05, 0.1) is 11.5 Å². The van der Waals surface area contributed by atoms with E-state index in [9.17, 15) is 10.1 Å². The number of rotatable bonds is 9. The molecule has 0 N–H and O–H groups in total. The van der Waals surface area contributed by atoms with Crippen molar-refractivity contribution in [2.45, 2.75) is 26.4 Å². The standard InChI is InChI=1S/C21H30N6O3/c1-17(2)26(13-14-30-3)21-19(27(28)29)20(22-16-23-21)25-11-9-24(10-12-25)15-18-7-5-4-6-8-18/h4-8,16-17H,9-15H2,1-3H3. The van der Waals surface area contributed by atoms with Gasteiger partial charge in [0.2, 0.25) is 11.6 Å². The van der Waals surface area contributed by atoms with Gasteiger partial charge in [-0.05, 0) is 19.4 Å². The Balaban J connectivity index is 1.78. The average molecular weight is 415 g/mol. The zero-order valence-corrected chi connectivity index (χ0v) is 17.9. The molecule has 0 spiro atoms. The Morgan fingerprint density at radius 3 is 2.47 bits per heavy atom. The Hall–Kier alpha value is -2.78. The summed E-state index contributed by atoms with van der Waals surface area (Å²) >= 11 is 0. The predicted octanol–water partition coefficient (Wildman–Crippen LogP) is 2.57. The SMILES string of the molecule is COCCN(c1ncnc(N2CCN(Cc3ccccc3)CC2)c1[N+](=O)[O-])C(C)C. The fraction of sp³-hybridized carbons (Fsp3) is 0.524. The number of hydrogen-bond donors (Lipinski definition) is 0. The Morgan fingerprint density at radius 1 is 1.17 bits per heavy atom. The molecular weight excluding hydrogens is 384 g/mol. The van der Waals surface area contributed by atoms with Crippen molar-refractivity contribution < 1.29 is 9.66 Å². The van der Waals surface area contributed by atoms with Crippen LogP contribution in [0.2, 0.25) is 0 Å². The van der Waals surface area contributed by atoms with Crippen molar-refractivity contribution in [1.82, 2.24) is 14.9 Å². The van der Waals surface area contributed by atoms with Crippen molar-refractivity contribution in [3.8, 4) is 0 Å². The van der Waals surface area contributed by atoms with Gasteiger partial charge in [-0.3, -0.25) is 15.0 Å². The van der Waals surface area contributed by atoms with Crippen LogP contribution in [0.1, 0.15) is 19.4 Å². The first-order chi connectivity index (χ1) is 14.5. The van der Waals surface area contributed by atoms with Crippen molar-refractivity contribution in [1.29, 1.82) is 0 Å². The lowest BCUT2D eigenvalue weighted by Gasteiger charge is -2.35. The number of ether oxygens (including phenoxy) is 1. The number of piperazine rings is 1. The molecule has 30 heavy (non-hydrogen) atoms. The van der Waals surface area contributed by atoms with Gasteiger partial charge in [0.15, 0.2) is 0 Å². The molecule has 0 amide bonds. The van der Waals surface area contributed by atoms with Gasteiger partial charge in [-0.15, -0.1) is 0 Å². The van der Waals surface area contributed by atoms with Gasteiger partial charge < -0.3 is 14.5 Å². The zero-order chi connectivity index (χ0) is 21.5. The van der Waals surface area contributed by atoms with E-state index >= 15 is 0 Å². The number of nitro groups is 1. The van der Waals surface area contributed by atoms with Gasteiger partial charge >= 0.3 is 5.69 Å². The maximum absolute atomic E-state index is 12.0. The molecule has 9 nitrogen and oxygen atoms in total. The Labute approximate surface area is 177 Å². The molecule has 1 saturated heterocycles. The van der Waals surface area contributed by atoms with Crippen LogP contribution in [0.5, 0.6) is 0 Å². The summed E-state index contributed by atoms with van der Waals surface area (Å²) in [6.07, 6.45) is 1.43. The highest BCUT2D eigenvalue weighted by atomic mass is 16.6. The fourth-order valence-electron chi connectivity index (χ4n) is 3.72. The molecule has 0 unspecified atom stereocenters. The number of methoxy groups -OCH3 is 1. The van der Waals surface area contributed by atoms with Gasteiger partial charge in [0, 0.05) is 52.4 Å². The van der Waals surface area contributed by atoms with E-state index in [1.807, 2.05) is 41.8 Å². The molecule has 2 aromatic rings. The van der Waals surface area contributed by atoms with Crippen LogP contribution < -0.4 is 9.80 Å². The van der Waals surface area contributed by atoms with E-state index in [4.69, 9.17) is 4.74 Å². The van der Waals surface area contributed by atoms with Crippen LogP contribution in [0, 0.1) is 10.1 Å². The van der Waals surface area contributed by atoms with Gasteiger partial charge in [0.1, 0.15) is 6.33 Å². The minimum absolute atomic E-state index is 0.0289. The minimum atomic E-state index is -0.358. The summed E-state index contributed by atoms with van der Waals surface area (Å²) in [6, 6.07) is 10.4. The van der Waals surface area contributed by atoms with Gasteiger partial charge in [-0.1, -0.05) is 30.3 Å². The molecule has 0 atom stereocenters. The predicted molar refractivity (Wildman–Crippen MR) is 117 cm³/mol. The third kappa shape index (κ3) is 5.22. The monoisotopic (exact) mass is 414 g/mol. The molecule has 1 fully saturated rings. The number of anilines is 2. The van der Waals surface area contributed by atoms with E-state index < -0.39 is 0 Å². The highest BCUT2D eigenvalue weighted by Crippen LogP contribution is 2.35. The van der Waals surface area contributed by atoms with E-state index in [2.05, 4.69) is 27.0 Å². The van der Waals surface area contributed by atoms with Crippen LogP contribution in [0.4, 0.5) is 17.3 Å². The average Bonchev–Trinajstić information content (AvgIpc) is 2.75. The van der Waals surface area contributed by atoms with Gasteiger partial charge in [-0.2, -0.15) is 0 Å². The van der Waals surface area contributed by atoms with Crippen molar-refractivity contribution in [2.75, 3.05) is 56.2 Å². The van der Waals surface area contributed by atoms with Crippen LogP contribution in [-0.4, -0.2) is 72.3 Å². The van der Waals surface area contributed by atoms with Gasteiger partial charge in [-0.25, -0.2) is 9.97 Å². The molecule has 0 saturated carbocycles. The molecule has 3 rings (SSSR count). The van der Waals surface area contributed by atoms with Gasteiger partial charge in [0.25, 0.3) is 0 Å². The van der Waals surface area contributed by atoms with Crippen LogP contribution in [0.3, 0.4) is 0 Å². The second-order valence-corrected chi connectivity index (χ2v) is 7.66. The normalized spacial score (nSPS) is 14.9. The third-order valence-electron chi connectivity index (χ3n) is 5.32. The molecule has 1 aliphatic rings. The molecular formula is C21H30N6O3. The summed E-state index contributed by atoms with van der Waals surface area (Å²) in [5.74, 6) is 0.746. The number of hydrogen-bond acceptors (Lipinski definition) is 8. The second kappa shape index (κ2) is 10.3. The third-order valence-corrected chi connectivity index (χ3v) is 5.32. The molecule has 1 aromatic carbocycles. The van der Waals surface area contributed by atoms with E-state index in [0.717, 1.165) is 19.6 Å². The van der Waals surface area contributed by atoms with Crippen LogP contribution in [0.25, 0.3) is 0 Å². The Kier molecular flexibility index (Phi) is 7.53. The van der Waals surface area contributed by atoms with Crippen LogP contribution in [-0.2, 0) is 11.3 Å². The number of benzene rings is 1. The molecule has 0 aliphatic carbocycles. The highest BCUT2D eigenvalue weighted by Gasteiger charge is 2.32. The lowest BCUT2D eigenvalue weighted by molar-refractivity contribution is -0.383. The Morgan fingerprint density at radius 2 is 1.87 bits per heavy atom. The summed E-state index contributed by atoms with van der Waals surface area (Å²) in [4.78, 5) is 26.5. The topological polar surface area (TPSA) is 87.9 Å². The highest BCUT2D eigenvalue weighted by molar-refractivity contribution is 5.71. The van der Waals surface area contributed by atoms with Crippen molar-refractivity contribution in [3.05, 3.63) is 52.3 Å². The molecule has 1 aromatic heterocycles. The summed E-state index contributed by atoms with van der Waals surface area (Å²) in [6.45, 7) is 8.86. The summed E-state index contributed by atoms with van der Waals surface area (Å²) in [5.41, 5.74) is 1.24. The van der Waals surface area contributed by atoms with Crippen molar-refractivity contribution in [3.63, 3.8) is 0 Å².